The van der Waals surface area contributed by atoms with Crippen LogP contribution < -0.4 is 10.6 Å². The molecule has 0 unspecified atom stereocenters. The number of hydrogen-bond acceptors (Lipinski definition) is 7. The summed E-state index contributed by atoms with van der Waals surface area (Å²) in [5.41, 5.74) is 4.74. The maximum absolute atomic E-state index is 12.8. The van der Waals surface area contributed by atoms with Crippen molar-refractivity contribution in [1.82, 2.24) is 19.9 Å². The molecule has 1 saturated heterocycles. The molecule has 122 valence electrons. The average molecular weight is 326 g/mol. The van der Waals surface area contributed by atoms with Gasteiger partial charge in [-0.05, 0) is 18.6 Å². The summed E-state index contributed by atoms with van der Waals surface area (Å²) in [6, 6.07) is 2.23. The molecule has 1 aliphatic heterocycles. The lowest BCUT2D eigenvalue weighted by Crippen LogP contribution is -2.24. The molecule has 1 atom stereocenters. The maximum atomic E-state index is 12.8. The number of halogens is 3. The lowest BCUT2D eigenvalue weighted by molar-refractivity contribution is -0.141. The Morgan fingerprint density at radius 1 is 1.26 bits per heavy atom. The normalized spacial score (nSPS) is 18.4. The van der Waals surface area contributed by atoms with Gasteiger partial charge in [0.1, 0.15) is 5.69 Å². The highest BCUT2D eigenvalue weighted by Gasteiger charge is 2.33. The summed E-state index contributed by atoms with van der Waals surface area (Å²) in [4.78, 5) is 17.0. The second kappa shape index (κ2) is 5.61. The molecule has 0 saturated carbocycles. The molecule has 0 aromatic carbocycles. The molecule has 1 aliphatic rings. The summed E-state index contributed by atoms with van der Waals surface area (Å²) in [5, 5.41) is 9.57. The molecule has 3 heterocycles. The quantitative estimate of drug-likeness (QED) is 0.852. The molecule has 0 bridgehead atoms. The van der Waals surface area contributed by atoms with Gasteiger partial charge in [-0.25, -0.2) is 0 Å². The highest BCUT2D eigenvalue weighted by Crippen LogP contribution is 2.30. The van der Waals surface area contributed by atoms with E-state index in [-0.39, 0.29) is 23.3 Å². The molecule has 3 N–H and O–H groups in total. The summed E-state index contributed by atoms with van der Waals surface area (Å²) in [5.74, 6) is 0.160. The second-order valence-electron chi connectivity index (χ2n) is 5.13. The maximum Gasteiger partial charge on any atom is 0.433 e. The fourth-order valence-electron chi connectivity index (χ4n) is 2.30. The number of aromatic nitrogens is 4. The highest BCUT2D eigenvalue weighted by atomic mass is 19.4. The smallest absolute Gasteiger partial charge is 0.391 e. The van der Waals surface area contributed by atoms with Crippen LogP contribution in [0.4, 0.5) is 25.1 Å². The average Bonchev–Trinajstić information content (AvgIpc) is 2.92. The lowest BCUT2D eigenvalue weighted by atomic mass is 10.2. The molecule has 23 heavy (non-hydrogen) atoms. The van der Waals surface area contributed by atoms with E-state index in [0.29, 0.717) is 19.5 Å². The Morgan fingerprint density at radius 3 is 2.70 bits per heavy atom. The summed E-state index contributed by atoms with van der Waals surface area (Å²) in [7, 11) is 0. The number of nitrogens with zero attached hydrogens (tertiary/aromatic N) is 5. The lowest BCUT2D eigenvalue weighted by Gasteiger charge is -2.16. The van der Waals surface area contributed by atoms with Crippen LogP contribution in [-0.4, -0.2) is 44.2 Å². The van der Waals surface area contributed by atoms with Crippen molar-refractivity contribution in [3.8, 4) is 11.4 Å². The van der Waals surface area contributed by atoms with Crippen molar-refractivity contribution in [2.24, 2.45) is 0 Å². The summed E-state index contributed by atoms with van der Waals surface area (Å²) in [6.07, 6.45) is -3.45. The van der Waals surface area contributed by atoms with E-state index in [1.165, 1.54) is 6.07 Å². The number of rotatable bonds is 2. The zero-order valence-corrected chi connectivity index (χ0v) is 11.8. The molecule has 7 nitrogen and oxygen atoms in total. The van der Waals surface area contributed by atoms with Crippen molar-refractivity contribution >= 4 is 11.9 Å². The molecule has 2 aromatic rings. The molecule has 0 aliphatic carbocycles. The molecular weight excluding hydrogens is 313 g/mol. The van der Waals surface area contributed by atoms with E-state index in [2.05, 4.69) is 19.9 Å². The van der Waals surface area contributed by atoms with Gasteiger partial charge in [0.25, 0.3) is 0 Å². The second-order valence-corrected chi connectivity index (χ2v) is 5.13. The van der Waals surface area contributed by atoms with Crippen molar-refractivity contribution in [2.75, 3.05) is 23.7 Å². The van der Waals surface area contributed by atoms with Crippen LogP contribution in [0, 0.1) is 0 Å². The first-order valence-corrected chi connectivity index (χ1v) is 6.81. The van der Waals surface area contributed by atoms with Crippen molar-refractivity contribution < 1.29 is 18.3 Å². The zero-order chi connectivity index (χ0) is 16.6. The van der Waals surface area contributed by atoms with Crippen LogP contribution in [0.3, 0.4) is 0 Å². The minimum Gasteiger partial charge on any atom is -0.391 e. The first kappa shape index (κ1) is 15.4. The first-order valence-electron chi connectivity index (χ1n) is 6.81. The molecule has 2 aromatic heterocycles. The van der Waals surface area contributed by atoms with E-state index in [1.54, 1.807) is 4.90 Å². The molecule has 10 heteroatoms. The van der Waals surface area contributed by atoms with Crippen molar-refractivity contribution in [2.45, 2.75) is 18.7 Å². The molecule has 0 amide bonds. The van der Waals surface area contributed by atoms with Crippen molar-refractivity contribution in [3.05, 3.63) is 24.0 Å². The van der Waals surface area contributed by atoms with Crippen molar-refractivity contribution in [3.63, 3.8) is 0 Å². The van der Waals surface area contributed by atoms with Gasteiger partial charge in [0.2, 0.25) is 11.9 Å². The van der Waals surface area contributed by atoms with Gasteiger partial charge in [0.15, 0.2) is 5.82 Å². The third-order valence-electron chi connectivity index (χ3n) is 3.40. The van der Waals surface area contributed by atoms with Gasteiger partial charge in [-0.1, -0.05) is 0 Å². The minimum absolute atomic E-state index is 0.0294. The Hall–Kier alpha value is -2.49. The van der Waals surface area contributed by atoms with Gasteiger partial charge in [-0.15, -0.1) is 0 Å². The van der Waals surface area contributed by atoms with Gasteiger partial charge in [-0.3, -0.25) is 4.98 Å². The van der Waals surface area contributed by atoms with Crippen LogP contribution in [0.2, 0.25) is 0 Å². The molecule has 3 rings (SSSR count). The predicted molar refractivity (Wildman–Crippen MR) is 75.3 cm³/mol. The van der Waals surface area contributed by atoms with Gasteiger partial charge in [0.05, 0.1) is 6.10 Å². The molecule has 1 fully saturated rings. The minimum atomic E-state index is -4.56. The van der Waals surface area contributed by atoms with Crippen molar-refractivity contribution in [1.29, 1.82) is 0 Å². The Kier molecular flexibility index (Phi) is 3.76. The third-order valence-corrected chi connectivity index (χ3v) is 3.40. The Balaban J connectivity index is 1.99. The van der Waals surface area contributed by atoms with E-state index in [9.17, 15) is 18.3 Å². The van der Waals surface area contributed by atoms with Gasteiger partial charge in [-0.2, -0.15) is 28.1 Å². The first-order chi connectivity index (χ1) is 10.8. The van der Waals surface area contributed by atoms with Crippen LogP contribution in [0.5, 0.6) is 0 Å². The highest BCUT2D eigenvalue weighted by molar-refractivity contribution is 5.58. The topological polar surface area (TPSA) is 101 Å². The Labute approximate surface area is 129 Å². The summed E-state index contributed by atoms with van der Waals surface area (Å²) >= 11 is 0. The zero-order valence-electron chi connectivity index (χ0n) is 11.8. The van der Waals surface area contributed by atoms with Crippen LogP contribution in [0.15, 0.2) is 18.3 Å². The Morgan fingerprint density at radius 2 is 2.04 bits per heavy atom. The number of aliphatic hydroxyl groups excluding tert-OH is 1. The Bertz CT molecular complexity index is 723. The van der Waals surface area contributed by atoms with E-state index < -0.39 is 18.0 Å². The third kappa shape index (κ3) is 3.31. The van der Waals surface area contributed by atoms with Crippen LogP contribution in [-0.2, 0) is 6.18 Å². The number of hydrogen-bond donors (Lipinski definition) is 2. The number of nitrogens with two attached hydrogens (primary N) is 1. The molecule has 0 radical (unpaired) electrons. The standard InChI is InChI=1S/C13H13F3N6O/c14-13(15,16)9-5-7(1-3-18-9)10-19-11(17)21-12(20-10)22-4-2-8(23)6-22/h1,3,5,8,23H,2,4,6H2,(H2,17,19,20,21)/t8-/m1/s1. The van der Waals surface area contributed by atoms with E-state index in [4.69, 9.17) is 5.73 Å². The van der Waals surface area contributed by atoms with E-state index in [0.717, 1.165) is 12.3 Å². The number of nitrogen functional groups attached to an aromatic ring is 1. The van der Waals surface area contributed by atoms with E-state index >= 15 is 0 Å². The van der Waals surface area contributed by atoms with Crippen LogP contribution in [0.25, 0.3) is 11.4 Å². The van der Waals surface area contributed by atoms with Crippen LogP contribution >= 0.6 is 0 Å². The summed E-state index contributed by atoms with van der Waals surface area (Å²) in [6.45, 7) is 0.876. The number of β-amino-alcohol motifs (C(OH)–C–C–N with tert-alkyl or cyclic N) is 1. The fraction of sp³-hybridized carbons (Fsp3) is 0.385. The van der Waals surface area contributed by atoms with Gasteiger partial charge < -0.3 is 15.7 Å². The van der Waals surface area contributed by atoms with E-state index in [1.807, 2.05) is 0 Å². The van der Waals surface area contributed by atoms with Crippen LogP contribution in [0.1, 0.15) is 12.1 Å². The molecule has 0 spiro atoms. The van der Waals surface area contributed by atoms with Gasteiger partial charge >= 0.3 is 6.18 Å². The predicted octanol–water partition coefficient (Wildman–Crippen LogP) is 1.11. The SMILES string of the molecule is Nc1nc(-c2ccnc(C(F)(F)F)c2)nc(N2CC[C@@H](O)C2)n1. The number of alkyl halides is 3. The summed E-state index contributed by atoms with van der Waals surface area (Å²) < 4.78 is 38.3. The number of aliphatic hydroxyl groups is 1. The fourth-order valence-corrected chi connectivity index (χ4v) is 2.30. The number of anilines is 2. The largest absolute Gasteiger partial charge is 0.433 e. The van der Waals surface area contributed by atoms with Gasteiger partial charge in [0, 0.05) is 24.8 Å². The monoisotopic (exact) mass is 326 g/mol. The number of pyridine rings is 1. The molecular formula is C13H13F3N6O.